The van der Waals surface area contributed by atoms with Gasteiger partial charge in [0, 0.05) is 18.1 Å². The first kappa shape index (κ1) is 15.2. The van der Waals surface area contributed by atoms with Crippen LogP contribution in [0.25, 0.3) is 10.9 Å². The minimum atomic E-state index is -0.545. The molecule has 4 nitrogen and oxygen atoms in total. The molecule has 22 heavy (non-hydrogen) atoms. The number of carbonyl (C=O) groups excluding carboxylic acids is 1. The lowest BCUT2D eigenvalue weighted by Crippen LogP contribution is -2.43. The number of carbonyl (C=O) groups is 1. The smallest absolute Gasteiger partial charge is 0.407 e. The number of nitrogens with zero attached hydrogens (tertiary/aromatic N) is 1. The number of hydrogen-bond acceptors (Lipinski definition) is 2. The van der Waals surface area contributed by atoms with Crippen LogP contribution < -0.4 is 5.32 Å². The molecular weight excluding hydrogens is 307 g/mol. The summed E-state index contributed by atoms with van der Waals surface area (Å²) in [5.74, 6) is -0.431. The molecule has 1 aromatic heterocycles. The highest BCUT2D eigenvalue weighted by Crippen LogP contribution is 2.33. The van der Waals surface area contributed by atoms with Gasteiger partial charge in [0.1, 0.15) is 11.4 Å². The van der Waals surface area contributed by atoms with Crippen molar-refractivity contribution < 1.29 is 13.9 Å². The fraction of sp³-hybridized carbons (Fsp3) is 0.438. The molecule has 2 heterocycles. The Morgan fingerprint density at radius 3 is 2.91 bits per heavy atom. The number of rotatable bonds is 1. The lowest BCUT2D eigenvalue weighted by atomic mass is 10.00. The maximum atomic E-state index is 13.9. The summed E-state index contributed by atoms with van der Waals surface area (Å²) in [5.41, 5.74) is 1.24. The van der Waals surface area contributed by atoms with Gasteiger partial charge in [-0.15, -0.1) is 0 Å². The summed E-state index contributed by atoms with van der Waals surface area (Å²) in [6, 6.07) is 3.11. The van der Waals surface area contributed by atoms with Gasteiger partial charge in [-0.25, -0.2) is 9.18 Å². The molecule has 1 amide bonds. The first-order valence-electron chi connectivity index (χ1n) is 7.20. The van der Waals surface area contributed by atoms with E-state index in [1.54, 1.807) is 6.07 Å². The lowest BCUT2D eigenvalue weighted by molar-refractivity contribution is 0.0498. The molecule has 1 aromatic carbocycles. The van der Waals surface area contributed by atoms with E-state index >= 15 is 0 Å². The van der Waals surface area contributed by atoms with Crippen molar-refractivity contribution in [2.75, 3.05) is 0 Å². The normalized spacial score (nSPS) is 17.6. The third-order valence-electron chi connectivity index (χ3n) is 3.62. The van der Waals surface area contributed by atoms with E-state index in [4.69, 9.17) is 16.3 Å². The van der Waals surface area contributed by atoms with Gasteiger partial charge in [0.2, 0.25) is 0 Å². The minimum absolute atomic E-state index is 0.140. The first-order valence-corrected chi connectivity index (χ1v) is 7.57. The van der Waals surface area contributed by atoms with E-state index in [1.807, 2.05) is 31.5 Å². The molecule has 0 saturated carbocycles. The van der Waals surface area contributed by atoms with Crippen molar-refractivity contribution in [2.24, 2.45) is 0 Å². The number of halogens is 2. The van der Waals surface area contributed by atoms with Gasteiger partial charge in [0.25, 0.3) is 0 Å². The number of aromatic nitrogens is 1. The minimum Gasteiger partial charge on any atom is -0.444 e. The molecule has 1 atom stereocenters. The van der Waals surface area contributed by atoms with Crippen LogP contribution in [0.5, 0.6) is 0 Å². The Kier molecular flexibility index (Phi) is 3.56. The Hall–Kier alpha value is -1.75. The van der Waals surface area contributed by atoms with Crippen LogP contribution in [0.1, 0.15) is 26.3 Å². The van der Waals surface area contributed by atoms with Crippen molar-refractivity contribution in [2.45, 2.75) is 45.4 Å². The van der Waals surface area contributed by atoms with Gasteiger partial charge in [0.15, 0.2) is 0 Å². The molecule has 1 aliphatic heterocycles. The zero-order valence-corrected chi connectivity index (χ0v) is 13.5. The van der Waals surface area contributed by atoms with Crippen molar-refractivity contribution in [3.8, 4) is 0 Å². The van der Waals surface area contributed by atoms with Gasteiger partial charge in [-0.05, 0) is 44.9 Å². The fourth-order valence-corrected chi connectivity index (χ4v) is 3.07. The van der Waals surface area contributed by atoms with Gasteiger partial charge in [0.05, 0.1) is 16.6 Å². The Morgan fingerprint density at radius 1 is 1.50 bits per heavy atom. The van der Waals surface area contributed by atoms with Crippen molar-refractivity contribution in [3.05, 3.63) is 34.7 Å². The van der Waals surface area contributed by atoms with Crippen LogP contribution in [0.3, 0.4) is 0 Å². The Balaban J connectivity index is 1.83. The van der Waals surface area contributed by atoms with Gasteiger partial charge >= 0.3 is 6.09 Å². The molecular formula is C16H18ClFN2O2. The number of nitrogens with one attached hydrogen (secondary N) is 1. The number of hydrogen-bond donors (Lipinski definition) is 1. The van der Waals surface area contributed by atoms with Gasteiger partial charge < -0.3 is 14.6 Å². The molecule has 0 unspecified atom stereocenters. The topological polar surface area (TPSA) is 43.3 Å². The predicted octanol–water partition coefficient (Wildman–Crippen LogP) is 3.88. The van der Waals surface area contributed by atoms with E-state index < -0.39 is 17.5 Å². The van der Waals surface area contributed by atoms with Crippen molar-refractivity contribution in [3.63, 3.8) is 0 Å². The molecule has 0 bridgehead atoms. The highest BCUT2D eigenvalue weighted by atomic mass is 35.5. The van der Waals surface area contributed by atoms with E-state index in [-0.39, 0.29) is 11.1 Å². The van der Waals surface area contributed by atoms with Crippen LogP contribution in [0.4, 0.5) is 9.18 Å². The number of amides is 1. The molecule has 6 heteroatoms. The third kappa shape index (κ3) is 2.77. The maximum Gasteiger partial charge on any atom is 0.407 e. The molecule has 3 rings (SSSR count). The second-order valence-electron chi connectivity index (χ2n) is 6.61. The van der Waals surface area contributed by atoms with Gasteiger partial charge in [-0.1, -0.05) is 11.6 Å². The summed E-state index contributed by atoms with van der Waals surface area (Å²) in [5, 5.41) is 3.71. The molecule has 118 valence electrons. The second kappa shape index (κ2) is 5.16. The maximum absolute atomic E-state index is 13.9. The highest BCUT2D eigenvalue weighted by molar-refractivity contribution is 6.35. The molecule has 2 aromatic rings. The Morgan fingerprint density at radius 2 is 2.23 bits per heavy atom. The summed E-state index contributed by atoms with van der Waals surface area (Å²) < 4.78 is 21.1. The van der Waals surface area contributed by atoms with Crippen molar-refractivity contribution >= 4 is 28.6 Å². The quantitative estimate of drug-likeness (QED) is 0.865. The second-order valence-corrected chi connectivity index (χ2v) is 6.99. The van der Waals surface area contributed by atoms with E-state index in [0.717, 1.165) is 11.1 Å². The molecule has 0 aliphatic carbocycles. The predicted molar refractivity (Wildman–Crippen MR) is 83.8 cm³/mol. The van der Waals surface area contributed by atoms with E-state index in [1.165, 1.54) is 6.07 Å². The summed E-state index contributed by atoms with van der Waals surface area (Å²) in [7, 11) is 0. The molecule has 1 aliphatic rings. The van der Waals surface area contributed by atoms with Crippen LogP contribution in [0.2, 0.25) is 5.02 Å². The van der Waals surface area contributed by atoms with Crippen LogP contribution in [-0.4, -0.2) is 22.3 Å². The van der Waals surface area contributed by atoms with Crippen molar-refractivity contribution in [1.29, 1.82) is 0 Å². The standard InChI is InChI=1S/C16H18ClFN2O2/c1-16(2,3)22-15(21)19-10-6-9-7-12(18)13(17)11-4-5-20(8-10)14(9)11/h4-5,7,10H,6,8H2,1-3H3,(H,19,21)/t10-/m0/s1. The zero-order chi connectivity index (χ0) is 16.1. The average molecular weight is 325 g/mol. The summed E-state index contributed by atoms with van der Waals surface area (Å²) >= 11 is 6.01. The monoisotopic (exact) mass is 324 g/mol. The van der Waals surface area contributed by atoms with Crippen LogP contribution in [0, 0.1) is 5.82 Å². The largest absolute Gasteiger partial charge is 0.444 e. The van der Waals surface area contributed by atoms with E-state index in [9.17, 15) is 9.18 Å². The van der Waals surface area contributed by atoms with E-state index in [2.05, 4.69) is 5.32 Å². The molecule has 0 radical (unpaired) electrons. The zero-order valence-electron chi connectivity index (χ0n) is 12.7. The number of ether oxygens (including phenoxy) is 1. The third-order valence-corrected chi connectivity index (χ3v) is 4.00. The van der Waals surface area contributed by atoms with Gasteiger partial charge in [-0.3, -0.25) is 0 Å². The summed E-state index contributed by atoms with van der Waals surface area (Å²) in [4.78, 5) is 11.9. The first-order chi connectivity index (χ1) is 10.2. The molecule has 0 saturated heterocycles. The number of benzene rings is 1. The molecule has 0 fully saturated rings. The Bertz CT molecular complexity index is 749. The Labute approximate surface area is 133 Å². The highest BCUT2D eigenvalue weighted by Gasteiger charge is 2.26. The van der Waals surface area contributed by atoms with Gasteiger partial charge in [-0.2, -0.15) is 0 Å². The lowest BCUT2D eigenvalue weighted by Gasteiger charge is -2.27. The van der Waals surface area contributed by atoms with Crippen molar-refractivity contribution in [1.82, 2.24) is 9.88 Å². The SMILES string of the molecule is CC(C)(C)OC(=O)N[C@H]1Cc2cc(F)c(Cl)c3ccn(c23)C1. The molecule has 0 spiro atoms. The molecule has 1 N–H and O–H groups in total. The van der Waals surface area contributed by atoms with Crippen LogP contribution >= 0.6 is 11.6 Å². The van der Waals surface area contributed by atoms with Crippen LogP contribution in [0.15, 0.2) is 18.3 Å². The average Bonchev–Trinajstić information content (AvgIpc) is 2.78. The summed E-state index contributed by atoms with van der Waals surface area (Å²) in [6.07, 6.45) is 1.95. The number of alkyl carbamates (subject to hydrolysis) is 1. The van der Waals surface area contributed by atoms with Crippen LogP contribution in [-0.2, 0) is 17.7 Å². The van der Waals surface area contributed by atoms with E-state index in [0.29, 0.717) is 18.4 Å². The summed E-state index contributed by atoms with van der Waals surface area (Å²) in [6.45, 7) is 6.05. The fourth-order valence-electron chi connectivity index (χ4n) is 2.87.